The molecule has 2 N–H and O–H groups in total. The zero-order valence-corrected chi connectivity index (χ0v) is 12.9. The molecule has 2 aromatic rings. The summed E-state index contributed by atoms with van der Waals surface area (Å²) in [5.41, 5.74) is 6.25. The van der Waals surface area contributed by atoms with Gasteiger partial charge in [-0.3, -0.25) is 4.98 Å². The van der Waals surface area contributed by atoms with Gasteiger partial charge in [0.2, 0.25) is 0 Å². The Labute approximate surface area is 137 Å². The molecule has 0 radical (unpaired) electrons. The maximum absolute atomic E-state index is 12.4. The summed E-state index contributed by atoms with van der Waals surface area (Å²) in [5.74, 6) is 0. The summed E-state index contributed by atoms with van der Waals surface area (Å²) in [5, 5.41) is 0.566. The second-order valence-electron chi connectivity index (χ2n) is 4.00. The number of benzene rings is 1. The molecule has 8 heteroatoms. The predicted octanol–water partition coefficient (Wildman–Crippen LogP) is 4.65. The molecule has 21 heavy (non-hydrogen) atoms. The minimum atomic E-state index is -4.39. The van der Waals surface area contributed by atoms with Gasteiger partial charge in [0.25, 0.3) is 0 Å². The van der Waals surface area contributed by atoms with Gasteiger partial charge in [0.15, 0.2) is 0 Å². The maximum Gasteiger partial charge on any atom is 0.417 e. The van der Waals surface area contributed by atoms with Crippen LogP contribution in [0.5, 0.6) is 0 Å². The Bertz CT molecular complexity index is 556. The minimum absolute atomic E-state index is 0. The van der Waals surface area contributed by atoms with E-state index in [0.29, 0.717) is 10.7 Å². The Balaban J connectivity index is 0.00000200. The first-order chi connectivity index (χ1) is 8.88. The zero-order valence-electron chi connectivity index (χ0n) is 10.5. The molecule has 1 atom stereocenters. The molecule has 0 amide bonds. The van der Waals surface area contributed by atoms with Crippen molar-refractivity contribution in [3.8, 4) is 0 Å². The van der Waals surface area contributed by atoms with Crippen molar-refractivity contribution in [3.05, 3.63) is 64.4 Å². The van der Waals surface area contributed by atoms with E-state index in [0.717, 1.165) is 17.8 Å². The maximum atomic E-state index is 12.4. The molecule has 2 nitrogen and oxygen atoms in total. The number of nitrogens with two attached hydrogens (primary N) is 1. The summed E-state index contributed by atoms with van der Waals surface area (Å²) >= 11 is 5.75. The van der Waals surface area contributed by atoms with Crippen LogP contribution in [0.2, 0.25) is 5.02 Å². The third-order valence-corrected chi connectivity index (χ3v) is 2.91. The molecule has 1 heterocycles. The smallest absolute Gasteiger partial charge is 0.319 e. The van der Waals surface area contributed by atoms with Gasteiger partial charge in [0, 0.05) is 11.2 Å². The van der Waals surface area contributed by atoms with Crippen LogP contribution < -0.4 is 5.73 Å². The van der Waals surface area contributed by atoms with Gasteiger partial charge in [-0.1, -0.05) is 23.7 Å². The Morgan fingerprint density at radius 2 is 1.57 bits per heavy atom. The van der Waals surface area contributed by atoms with Gasteiger partial charge in [-0.25, -0.2) is 0 Å². The second-order valence-corrected chi connectivity index (χ2v) is 4.44. The molecule has 0 aliphatic heterocycles. The van der Waals surface area contributed by atoms with Crippen LogP contribution in [0, 0.1) is 0 Å². The Kier molecular flexibility index (Phi) is 7.47. The van der Waals surface area contributed by atoms with E-state index >= 15 is 0 Å². The lowest BCUT2D eigenvalue weighted by molar-refractivity contribution is -0.137. The van der Waals surface area contributed by atoms with Gasteiger partial charge in [-0.15, -0.1) is 24.8 Å². The number of rotatable bonds is 2. The molecule has 0 bridgehead atoms. The number of pyridine rings is 1. The molecular formula is C13H12Cl3F3N2. The Morgan fingerprint density at radius 1 is 1.00 bits per heavy atom. The first-order valence-electron chi connectivity index (χ1n) is 5.42. The van der Waals surface area contributed by atoms with Gasteiger partial charge in [0.05, 0.1) is 17.3 Å². The lowest BCUT2D eigenvalue weighted by Crippen LogP contribution is -2.14. The zero-order chi connectivity index (χ0) is 14.0. The standard InChI is InChI=1S/C13H10ClF3N2.2ClH/c14-10-4-1-8(2-5-10)12(18)11-6-3-9(7-19-11)13(15,16)17;;/h1-7,12H,18H2;2*1H/t12-;;/m0../s1. The number of aromatic nitrogens is 1. The summed E-state index contributed by atoms with van der Waals surface area (Å²) < 4.78 is 37.2. The molecule has 116 valence electrons. The lowest BCUT2D eigenvalue weighted by atomic mass is 10.0. The molecule has 0 saturated carbocycles. The van der Waals surface area contributed by atoms with Gasteiger partial charge < -0.3 is 5.73 Å². The highest BCUT2D eigenvalue weighted by Crippen LogP contribution is 2.29. The molecule has 0 aliphatic carbocycles. The van der Waals surface area contributed by atoms with Crippen LogP contribution in [0.3, 0.4) is 0 Å². The van der Waals surface area contributed by atoms with Crippen LogP contribution in [0.15, 0.2) is 42.6 Å². The topological polar surface area (TPSA) is 38.9 Å². The van der Waals surface area contributed by atoms with Gasteiger partial charge in [0.1, 0.15) is 0 Å². The van der Waals surface area contributed by atoms with Crippen LogP contribution in [-0.2, 0) is 6.18 Å². The van der Waals surface area contributed by atoms with Gasteiger partial charge in [-0.05, 0) is 29.8 Å². The molecule has 0 spiro atoms. The van der Waals surface area contributed by atoms with E-state index in [9.17, 15) is 13.2 Å². The van der Waals surface area contributed by atoms with E-state index in [1.807, 2.05) is 0 Å². The van der Waals surface area contributed by atoms with E-state index in [1.165, 1.54) is 6.07 Å². The molecule has 1 aromatic heterocycles. The van der Waals surface area contributed by atoms with Crippen molar-refractivity contribution < 1.29 is 13.2 Å². The highest BCUT2D eigenvalue weighted by atomic mass is 35.5. The predicted molar refractivity (Wildman–Crippen MR) is 81.2 cm³/mol. The molecule has 0 fully saturated rings. The van der Waals surface area contributed by atoms with Crippen molar-refractivity contribution in [2.24, 2.45) is 5.73 Å². The van der Waals surface area contributed by atoms with E-state index in [1.54, 1.807) is 24.3 Å². The number of hydrogen-bond donors (Lipinski definition) is 1. The van der Waals surface area contributed by atoms with Crippen molar-refractivity contribution in [1.82, 2.24) is 4.98 Å². The van der Waals surface area contributed by atoms with Crippen molar-refractivity contribution in [2.75, 3.05) is 0 Å². The average molecular weight is 360 g/mol. The fourth-order valence-electron chi connectivity index (χ4n) is 1.60. The number of halogens is 6. The third kappa shape index (κ3) is 5.04. The van der Waals surface area contributed by atoms with Crippen LogP contribution in [0.25, 0.3) is 0 Å². The quantitative estimate of drug-likeness (QED) is 0.848. The Morgan fingerprint density at radius 3 is 2.00 bits per heavy atom. The van der Waals surface area contributed by atoms with Gasteiger partial charge >= 0.3 is 6.18 Å². The number of alkyl halides is 3. The van der Waals surface area contributed by atoms with Crippen LogP contribution in [0.4, 0.5) is 13.2 Å². The summed E-state index contributed by atoms with van der Waals surface area (Å²) in [6.45, 7) is 0. The van der Waals surface area contributed by atoms with E-state index < -0.39 is 17.8 Å². The van der Waals surface area contributed by atoms with Crippen molar-refractivity contribution in [1.29, 1.82) is 0 Å². The Hall–Kier alpha value is -1.01. The summed E-state index contributed by atoms with van der Waals surface area (Å²) in [7, 11) is 0. The summed E-state index contributed by atoms with van der Waals surface area (Å²) in [6, 6.07) is 8.43. The second kappa shape index (κ2) is 7.84. The molecule has 0 aliphatic rings. The molecule has 2 rings (SSSR count). The van der Waals surface area contributed by atoms with E-state index in [4.69, 9.17) is 17.3 Å². The fourth-order valence-corrected chi connectivity index (χ4v) is 1.72. The molecule has 1 aromatic carbocycles. The largest absolute Gasteiger partial charge is 0.417 e. The van der Waals surface area contributed by atoms with Crippen molar-refractivity contribution in [3.63, 3.8) is 0 Å². The van der Waals surface area contributed by atoms with E-state index in [2.05, 4.69) is 4.98 Å². The minimum Gasteiger partial charge on any atom is -0.319 e. The third-order valence-electron chi connectivity index (χ3n) is 2.66. The summed E-state index contributed by atoms with van der Waals surface area (Å²) in [4.78, 5) is 3.77. The molecule has 0 saturated heterocycles. The van der Waals surface area contributed by atoms with Gasteiger partial charge in [-0.2, -0.15) is 13.2 Å². The van der Waals surface area contributed by atoms with Crippen LogP contribution in [-0.4, -0.2) is 4.98 Å². The molecular weight excluding hydrogens is 348 g/mol. The normalized spacial score (nSPS) is 12.0. The van der Waals surface area contributed by atoms with Crippen molar-refractivity contribution in [2.45, 2.75) is 12.2 Å². The SMILES string of the molecule is Cl.Cl.N[C@@H](c1ccc(Cl)cc1)c1ccc(C(F)(F)F)cn1. The molecule has 0 unspecified atom stereocenters. The van der Waals surface area contributed by atoms with Crippen molar-refractivity contribution >= 4 is 36.4 Å². The first kappa shape index (κ1) is 20.0. The van der Waals surface area contributed by atoms with Crippen LogP contribution in [0.1, 0.15) is 22.9 Å². The highest BCUT2D eigenvalue weighted by molar-refractivity contribution is 6.30. The fraction of sp³-hybridized carbons (Fsp3) is 0.154. The lowest BCUT2D eigenvalue weighted by Gasteiger charge is -2.13. The number of hydrogen-bond acceptors (Lipinski definition) is 2. The first-order valence-corrected chi connectivity index (χ1v) is 5.80. The average Bonchev–Trinajstić information content (AvgIpc) is 2.38. The van der Waals surface area contributed by atoms with E-state index in [-0.39, 0.29) is 24.8 Å². The highest BCUT2D eigenvalue weighted by Gasteiger charge is 2.30. The summed E-state index contributed by atoms with van der Waals surface area (Å²) in [6.07, 6.45) is -3.61. The number of nitrogens with zero attached hydrogens (tertiary/aromatic N) is 1. The monoisotopic (exact) mass is 358 g/mol. The van der Waals surface area contributed by atoms with Crippen LogP contribution >= 0.6 is 36.4 Å².